The van der Waals surface area contributed by atoms with Gasteiger partial charge in [-0.15, -0.1) is 11.3 Å². The molecule has 0 spiro atoms. The third-order valence-corrected chi connectivity index (χ3v) is 4.59. The first-order chi connectivity index (χ1) is 10.4. The molecule has 0 fully saturated rings. The molecule has 0 radical (unpaired) electrons. The van der Waals surface area contributed by atoms with Crippen LogP contribution in [0.5, 0.6) is 0 Å². The quantitative estimate of drug-likeness (QED) is 0.887. The highest BCUT2D eigenvalue weighted by molar-refractivity contribution is 7.17. The van der Waals surface area contributed by atoms with Crippen molar-refractivity contribution in [3.63, 3.8) is 0 Å². The van der Waals surface area contributed by atoms with E-state index in [9.17, 15) is 14.0 Å². The molecule has 2 unspecified atom stereocenters. The van der Waals surface area contributed by atoms with Gasteiger partial charge in [-0.05, 0) is 43.7 Å². The van der Waals surface area contributed by atoms with Crippen LogP contribution in [-0.2, 0) is 4.79 Å². The summed E-state index contributed by atoms with van der Waals surface area (Å²) in [5.41, 5.74) is 0.831. The number of carbonyl (C=O) groups excluding carboxylic acids is 1. The van der Waals surface area contributed by atoms with E-state index < -0.39 is 17.9 Å². The topological polar surface area (TPSA) is 66.4 Å². The number of benzene rings is 1. The van der Waals surface area contributed by atoms with E-state index >= 15 is 0 Å². The molecule has 0 bridgehead atoms. The zero-order valence-corrected chi connectivity index (χ0v) is 13.0. The molecular formula is C16H16FNO3S. The van der Waals surface area contributed by atoms with Crippen molar-refractivity contribution in [2.75, 3.05) is 0 Å². The minimum atomic E-state index is -0.953. The van der Waals surface area contributed by atoms with Gasteiger partial charge < -0.3 is 10.4 Å². The number of hydrogen-bond donors (Lipinski definition) is 2. The molecule has 1 heterocycles. The standard InChI is InChI=1S/C16H16FNO3S/c1-9(16(20)21)10(2)18-15(19)14-8-7-13(22-14)11-3-5-12(17)6-4-11/h3-10H,1-2H3,(H,18,19)(H,20,21). The van der Waals surface area contributed by atoms with Gasteiger partial charge >= 0.3 is 5.97 Å². The summed E-state index contributed by atoms with van der Waals surface area (Å²) >= 11 is 1.28. The summed E-state index contributed by atoms with van der Waals surface area (Å²) < 4.78 is 12.9. The third kappa shape index (κ3) is 3.71. The van der Waals surface area contributed by atoms with Crippen LogP contribution in [0.2, 0.25) is 0 Å². The van der Waals surface area contributed by atoms with E-state index in [1.54, 1.807) is 38.1 Å². The molecule has 0 saturated heterocycles. The van der Waals surface area contributed by atoms with Gasteiger partial charge in [-0.25, -0.2) is 4.39 Å². The summed E-state index contributed by atoms with van der Waals surface area (Å²) in [5.74, 6) is -2.24. The fourth-order valence-electron chi connectivity index (χ4n) is 1.85. The Labute approximate surface area is 131 Å². The summed E-state index contributed by atoms with van der Waals surface area (Å²) in [4.78, 5) is 24.4. The number of amides is 1. The van der Waals surface area contributed by atoms with Crippen molar-refractivity contribution >= 4 is 23.2 Å². The second kappa shape index (κ2) is 6.70. The molecule has 0 saturated carbocycles. The van der Waals surface area contributed by atoms with Crippen molar-refractivity contribution in [2.24, 2.45) is 5.92 Å². The van der Waals surface area contributed by atoms with E-state index in [1.807, 2.05) is 0 Å². The van der Waals surface area contributed by atoms with Crippen molar-refractivity contribution < 1.29 is 19.1 Å². The molecule has 1 aromatic carbocycles. The summed E-state index contributed by atoms with van der Waals surface area (Å²) in [6, 6.07) is 9.03. The lowest BCUT2D eigenvalue weighted by Gasteiger charge is -2.17. The number of rotatable bonds is 5. The predicted octanol–water partition coefficient (Wildman–Crippen LogP) is 3.39. The number of aliphatic carboxylic acids is 1. The molecule has 2 aromatic rings. The highest BCUT2D eigenvalue weighted by Gasteiger charge is 2.22. The smallest absolute Gasteiger partial charge is 0.308 e. The Morgan fingerprint density at radius 1 is 1.14 bits per heavy atom. The molecule has 0 aliphatic heterocycles. The summed E-state index contributed by atoms with van der Waals surface area (Å²) in [6.45, 7) is 3.21. The van der Waals surface area contributed by atoms with E-state index in [0.29, 0.717) is 4.88 Å². The Kier molecular flexibility index (Phi) is 4.92. The average molecular weight is 321 g/mol. The maximum atomic E-state index is 12.9. The van der Waals surface area contributed by atoms with Crippen molar-refractivity contribution in [1.29, 1.82) is 0 Å². The van der Waals surface area contributed by atoms with Crippen molar-refractivity contribution in [3.05, 3.63) is 47.1 Å². The van der Waals surface area contributed by atoms with Crippen LogP contribution in [0.15, 0.2) is 36.4 Å². The van der Waals surface area contributed by atoms with Crippen LogP contribution in [-0.4, -0.2) is 23.0 Å². The lowest BCUT2D eigenvalue weighted by Crippen LogP contribution is -2.39. The molecule has 2 atom stereocenters. The van der Waals surface area contributed by atoms with Gasteiger partial charge in [0, 0.05) is 10.9 Å². The minimum Gasteiger partial charge on any atom is -0.481 e. The monoisotopic (exact) mass is 321 g/mol. The van der Waals surface area contributed by atoms with Crippen LogP contribution in [0.25, 0.3) is 10.4 Å². The van der Waals surface area contributed by atoms with Crippen LogP contribution in [0.3, 0.4) is 0 Å². The predicted molar refractivity (Wildman–Crippen MR) is 83.4 cm³/mol. The van der Waals surface area contributed by atoms with Gasteiger partial charge in [0.1, 0.15) is 5.82 Å². The largest absolute Gasteiger partial charge is 0.481 e. The third-order valence-electron chi connectivity index (χ3n) is 3.46. The van der Waals surface area contributed by atoms with Crippen molar-refractivity contribution in [2.45, 2.75) is 19.9 Å². The van der Waals surface area contributed by atoms with Crippen molar-refractivity contribution in [1.82, 2.24) is 5.32 Å². The molecule has 1 aromatic heterocycles. The fourth-order valence-corrected chi connectivity index (χ4v) is 2.76. The Morgan fingerprint density at radius 3 is 2.36 bits per heavy atom. The number of halogens is 1. The van der Waals surface area contributed by atoms with Gasteiger partial charge in [0.2, 0.25) is 0 Å². The van der Waals surface area contributed by atoms with Crippen molar-refractivity contribution in [3.8, 4) is 10.4 Å². The van der Waals surface area contributed by atoms with E-state index in [1.165, 1.54) is 23.5 Å². The molecule has 0 aliphatic rings. The second-order valence-electron chi connectivity index (χ2n) is 5.06. The number of nitrogens with one attached hydrogen (secondary N) is 1. The Bertz CT molecular complexity index is 681. The maximum Gasteiger partial charge on any atom is 0.308 e. The van der Waals surface area contributed by atoms with Crippen LogP contribution < -0.4 is 5.32 Å². The molecule has 4 nitrogen and oxygen atoms in total. The molecule has 1 amide bonds. The number of hydrogen-bond acceptors (Lipinski definition) is 3. The normalized spacial score (nSPS) is 13.4. The van der Waals surface area contributed by atoms with Gasteiger partial charge in [0.15, 0.2) is 0 Å². The molecular weight excluding hydrogens is 305 g/mol. The second-order valence-corrected chi connectivity index (χ2v) is 6.14. The van der Waals surface area contributed by atoms with Crippen LogP contribution in [0.1, 0.15) is 23.5 Å². The lowest BCUT2D eigenvalue weighted by atomic mass is 10.0. The molecule has 6 heteroatoms. The zero-order chi connectivity index (χ0) is 16.3. The molecule has 22 heavy (non-hydrogen) atoms. The molecule has 116 valence electrons. The number of thiophene rings is 1. The molecule has 0 aliphatic carbocycles. The lowest BCUT2D eigenvalue weighted by molar-refractivity contribution is -0.141. The fraction of sp³-hybridized carbons (Fsp3) is 0.250. The summed E-state index contributed by atoms with van der Waals surface area (Å²) in [6.07, 6.45) is 0. The highest BCUT2D eigenvalue weighted by atomic mass is 32.1. The number of carbonyl (C=O) groups is 2. The van der Waals surface area contributed by atoms with Gasteiger partial charge in [0.25, 0.3) is 5.91 Å². The molecule has 2 rings (SSSR count). The molecule has 2 N–H and O–H groups in total. The van der Waals surface area contributed by atoms with Crippen LogP contribution in [0, 0.1) is 11.7 Å². The first-order valence-electron chi connectivity index (χ1n) is 6.78. The van der Waals surface area contributed by atoms with E-state index in [4.69, 9.17) is 5.11 Å². The van der Waals surface area contributed by atoms with E-state index in [2.05, 4.69) is 5.32 Å². The highest BCUT2D eigenvalue weighted by Crippen LogP contribution is 2.28. The SMILES string of the molecule is CC(NC(=O)c1ccc(-c2ccc(F)cc2)s1)C(C)C(=O)O. The Morgan fingerprint density at radius 2 is 1.77 bits per heavy atom. The maximum absolute atomic E-state index is 12.9. The van der Waals surface area contributed by atoms with Gasteiger partial charge in [-0.3, -0.25) is 9.59 Å². The van der Waals surface area contributed by atoms with E-state index in [-0.39, 0.29) is 11.7 Å². The minimum absolute atomic E-state index is 0.307. The van der Waals surface area contributed by atoms with Crippen LogP contribution >= 0.6 is 11.3 Å². The zero-order valence-electron chi connectivity index (χ0n) is 12.2. The first-order valence-corrected chi connectivity index (χ1v) is 7.59. The Hall–Kier alpha value is -2.21. The van der Waals surface area contributed by atoms with Gasteiger partial charge in [-0.1, -0.05) is 12.1 Å². The number of carboxylic acid groups (broad SMARTS) is 1. The Balaban J connectivity index is 2.09. The summed E-state index contributed by atoms with van der Waals surface area (Å²) in [5, 5.41) is 11.6. The van der Waals surface area contributed by atoms with Crippen LogP contribution in [0.4, 0.5) is 4.39 Å². The van der Waals surface area contributed by atoms with Gasteiger partial charge in [-0.2, -0.15) is 0 Å². The first kappa shape index (κ1) is 16.2. The number of carboxylic acids is 1. The van der Waals surface area contributed by atoms with E-state index in [0.717, 1.165) is 10.4 Å². The van der Waals surface area contributed by atoms with Gasteiger partial charge in [0.05, 0.1) is 10.8 Å². The summed E-state index contributed by atoms with van der Waals surface area (Å²) in [7, 11) is 0. The average Bonchev–Trinajstić information content (AvgIpc) is 2.96.